The molecule has 2 rings (SSSR count). The van der Waals surface area contributed by atoms with Crippen LogP contribution in [0.25, 0.3) is 0 Å². The van der Waals surface area contributed by atoms with Gasteiger partial charge in [0.05, 0.1) is 17.4 Å². The summed E-state index contributed by atoms with van der Waals surface area (Å²) in [5.74, 6) is -0.363. The highest BCUT2D eigenvalue weighted by Gasteiger charge is 2.18. The maximum Gasteiger partial charge on any atom is 0.312 e. The molecule has 0 heterocycles. The molecule has 0 fully saturated rings. The Bertz CT molecular complexity index is 932. The maximum atomic E-state index is 12.4. The number of nitrogens with one attached hydrogen (secondary N) is 3. The lowest BCUT2D eigenvalue weighted by Gasteiger charge is -2.18. The molecule has 0 spiro atoms. The number of hydrogen-bond acceptors (Lipinski definition) is 4. The van der Waals surface area contributed by atoms with Crippen molar-refractivity contribution in [1.29, 1.82) is 0 Å². The fourth-order valence-electron chi connectivity index (χ4n) is 2.38. The average Bonchev–Trinajstić information content (AvgIpc) is 2.61. The van der Waals surface area contributed by atoms with E-state index in [9.17, 15) is 18.0 Å². The molecule has 0 aliphatic heterocycles. The fraction of sp³-hybridized carbons (Fsp3) is 0.176. The standard InChI is InChI=1S/C17H19BrN4O4S/c1-20-27(25,26)14-7-5-13(6-8-14)21-16(23)10-15(22-17(19)24)11-3-2-4-12(18)9-11/h2-9,15,20H,10H2,1H3,(H,21,23)(H3,19,22,24). The SMILES string of the molecule is CNS(=O)(=O)c1ccc(NC(=O)CC(NC(N)=O)c2cccc(Br)c2)cc1. The van der Waals surface area contributed by atoms with E-state index in [1.807, 2.05) is 6.07 Å². The molecule has 2 aromatic carbocycles. The predicted octanol–water partition coefficient (Wildman–Crippen LogP) is 2.10. The van der Waals surface area contributed by atoms with Gasteiger partial charge in [0, 0.05) is 10.2 Å². The third-order valence-electron chi connectivity index (χ3n) is 3.67. The number of rotatable bonds is 7. The monoisotopic (exact) mass is 454 g/mol. The molecule has 0 aromatic heterocycles. The Morgan fingerprint density at radius 2 is 1.81 bits per heavy atom. The Kier molecular flexibility index (Phi) is 6.94. The number of carbonyl (C=O) groups excluding carboxylic acids is 2. The molecule has 2 aromatic rings. The first-order valence-electron chi connectivity index (χ1n) is 7.86. The van der Waals surface area contributed by atoms with Crippen LogP contribution < -0.4 is 21.1 Å². The molecular formula is C17H19BrN4O4S. The zero-order chi connectivity index (χ0) is 20.0. The van der Waals surface area contributed by atoms with Crippen molar-refractivity contribution in [2.45, 2.75) is 17.4 Å². The molecule has 0 bridgehead atoms. The molecule has 0 saturated carbocycles. The van der Waals surface area contributed by atoms with Crippen LogP contribution in [0, 0.1) is 0 Å². The topological polar surface area (TPSA) is 130 Å². The number of carbonyl (C=O) groups is 2. The summed E-state index contributed by atoms with van der Waals surface area (Å²) in [6.45, 7) is 0. The van der Waals surface area contributed by atoms with E-state index >= 15 is 0 Å². The number of amides is 3. The highest BCUT2D eigenvalue weighted by atomic mass is 79.9. The highest BCUT2D eigenvalue weighted by molar-refractivity contribution is 9.10. The van der Waals surface area contributed by atoms with Crippen molar-refractivity contribution in [3.05, 3.63) is 58.6 Å². The van der Waals surface area contributed by atoms with Crippen LogP contribution in [0.15, 0.2) is 57.9 Å². The van der Waals surface area contributed by atoms with Crippen LogP contribution in [-0.4, -0.2) is 27.4 Å². The van der Waals surface area contributed by atoms with Crippen molar-refractivity contribution in [2.24, 2.45) is 5.73 Å². The molecule has 10 heteroatoms. The summed E-state index contributed by atoms with van der Waals surface area (Å²) in [6, 6.07) is 11.6. The van der Waals surface area contributed by atoms with Crippen molar-refractivity contribution in [2.75, 3.05) is 12.4 Å². The zero-order valence-corrected chi connectivity index (χ0v) is 16.8. The second-order valence-corrected chi connectivity index (χ2v) is 8.40. The van der Waals surface area contributed by atoms with Crippen molar-refractivity contribution >= 4 is 43.6 Å². The van der Waals surface area contributed by atoms with E-state index < -0.39 is 22.1 Å². The van der Waals surface area contributed by atoms with Crippen molar-refractivity contribution in [3.63, 3.8) is 0 Å². The second kappa shape index (κ2) is 8.98. The minimum absolute atomic E-state index is 0.0457. The largest absolute Gasteiger partial charge is 0.352 e. The van der Waals surface area contributed by atoms with Crippen molar-refractivity contribution in [3.8, 4) is 0 Å². The predicted molar refractivity (Wildman–Crippen MR) is 106 cm³/mol. The molecule has 5 N–H and O–H groups in total. The number of benzene rings is 2. The lowest BCUT2D eigenvalue weighted by molar-refractivity contribution is -0.116. The van der Waals surface area contributed by atoms with E-state index in [4.69, 9.17) is 5.73 Å². The lowest BCUT2D eigenvalue weighted by atomic mass is 10.0. The van der Waals surface area contributed by atoms with Crippen LogP contribution in [0.5, 0.6) is 0 Å². The molecule has 1 atom stereocenters. The first-order valence-corrected chi connectivity index (χ1v) is 10.1. The average molecular weight is 455 g/mol. The van der Waals surface area contributed by atoms with E-state index in [-0.39, 0.29) is 17.2 Å². The van der Waals surface area contributed by atoms with Crippen LogP contribution in [0.2, 0.25) is 0 Å². The Morgan fingerprint density at radius 3 is 2.37 bits per heavy atom. The molecule has 0 aliphatic carbocycles. The number of sulfonamides is 1. The number of nitrogens with two attached hydrogens (primary N) is 1. The summed E-state index contributed by atoms with van der Waals surface area (Å²) in [5.41, 5.74) is 6.36. The Balaban J connectivity index is 2.10. The molecule has 0 radical (unpaired) electrons. The van der Waals surface area contributed by atoms with Gasteiger partial charge in [-0.1, -0.05) is 28.1 Å². The van der Waals surface area contributed by atoms with Gasteiger partial charge in [-0.25, -0.2) is 17.9 Å². The fourth-order valence-corrected chi connectivity index (χ4v) is 3.53. The summed E-state index contributed by atoms with van der Waals surface area (Å²) < 4.78 is 26.4. The van der Waals surface area contributed by atoms with Gasteiger partial charge in [0.25, 0.3) is 0 Å². The van der Waals surface area contributed by atoms with Gasteiger partial charge in [0.2, 0.25) is 15.9 Å². The van der Waals surface area contributed by atoms with Gasteiger partial charge in [-0.3, -0.25) is 4.79 Å². The Labute approximate surface area is 165 Å². The van der Waals surface area contributed by atoms with Gasteiger partial charge in [0.15, 0.2) is 0 Å². The van der Waals surface area contributed by atoms with Gasteiger partial charge < -0.3 is 16.4 Å². The first kappa shape index (κ1) is 20.9. The number of halogens is 1. The van der Waals surface area contributed by atoms with Gasteiger partial charge in [0.1, 0.15) is 0 Å². The number of hydrogen-bond donors (Lipinski definition) is 4. The molecule has 8 nitrogen and oxygen atoms in total. The van der Waals surface area contributed by atoms with E-state index in [1.54, 1.807) is 18.2 Å². The number of anilines is 1. The van der Waals surface area contributed by atoms with Crippen LogP contribution in [-0.2, 0) is 14.8 Å². The molecule has 3 amide bonds. The summed E-state index contributed by atoms with van der Waals surface area (Å²) >= 11 is 3.35. The molecule has 27 heavy (non-hydrogen) atoms. The third-order valence-corrected chi connectivity index (χ3v) is 5.60. The minimum atomic E-state index is -3.54. The zero-order valence-electron chi connectivity index (χ0n) is 14.4. The first-order chi connectivity index (χ1) is 12.7. The van der Waals surface area contributed by atoms with E-state index in [0.717, 1.165) is 4.47 Å². The van der Waals surface area contributed by atoms with E-state index in [2.05, 4.69) is 31.3 Å². The number of urea groups is 1. The van der Waals surface area contributed by atoms with E-state index in [1.165, 1.54) is 31.3 Å². The van der Waals surface area contributed by atoms with Crippen molar-refractivity contribution in [1.82, 2.24) is 10.0 Å². The molecule has 1 unspecified atom stereocenters. The van der Waals surface area contributed by atoms with Gasteiger partial charge in [-0.2, -0.15) is 0 Å². The van der Waals surface area contributed by atoms with E-state index in [0.29, 0.717) is 11.3 Å². The second-order valence-electron chi connectivity index (χ2n) is 5.60. The lowest BCUT2D eigenvalue weighted by Crippen LogP contribution is -2.35. The minimum Gasteiger partial charge on any atom is -0.352 e. The summed E-state index contributed by atoms with van der Waals surface area (Å²) in [6.07, 6.45) is -0.0457. The third kappa shape index (κ3) is 6.05. The summed E-state index contributed by atoms with van der Waals surface area (Å²) in [4.78, 5) is 23.7. The molecule has 0 aliphatic rings. The van der Waals surface area contributed by atoms with Crippen LogP contribution in [0.4, 0.5) is 10.5 Å². The molecular weight excluding hydrogens is 436 g/mol. The summed E-state index contributed by atoms with van der Waals surface area (Å²) in [5, 5.41) is 5.21. The molecule has 144 valence electrons. The van der Waals surface area contributed by atoms with Crippen LogP contribution in [0.3, 0.4) is 0 Å². The number of primary amides is 1. The smallest absolute Gasteiger partial charge is 0.312 e. The van der Waals surface area contributed by atoms with Crippen LogP contribution >= 0.6 is 15.9 Å². The van der Waals surface area contributed by atoms with Gasteiger partial charge in [-0.05, 0) is 49.0 Å². The molecule has 0 saturated heterocycles. The Hall–Kier alpha value is -2.43. The van der Waals surface area contributed by atoms with Crippen molar-refractivity contribution < 1.29 is 18.0 Å². The van der Waals surface area contributed by atoms with Crippen LogP contribution in [0.1, 0.15) is 18.0 Å². The quantitative estimate of drug-likeness (QED) is 0.509. The highest BCUT2D eigenvalue weighted by Crippen LogP contribution is 2.22. The Morgan fingerprint density at radius 1 is 1.15 bits per heavy atom. The summed E-state index contributed by atoms with van der Waals surface area (Å²) in [7, 11) is -2.23. The van der Waals surface area contributed by atoms with Gasteiger partial charge in [-0.15, -0.1) is 0 Å². The normalized spacial score (nSPS) is 12.2. The van der Waals surface area contributed by atoms with Gasteiger partial charge >= 0.3 is 6.03 Å². The maximum absolute atomic E-state index is 12.4.